The Morgan fingerprint density at radius 3 is 2.69 bits per heavy atom. The van der Waals surface area contributed by atoms with E-state index in [9.17, 15) is 14.9 Å². The molecule has 0 spiro atoms. The van der Waals surface area contributed by atoms with Crippen molar-refractivity contribution in [2.75, 3.05) is 22.6 Å². The van der Waals surface area contributed by atoms with Gasteiger partial charge < -0.3 is 15.8 Å². The van der Waals surface area contributed by atoms with Crippen molar-refractivity contribution in [1.29, 1.82) is 5.26 Å². The molecule has 3 aromatic rings. The Morgan fingerprint density at radius 1 is 1.21 bits per heavy atom. The van der Waals surface area contributed by atoms with Crippen LogP contribution in [-0.4, -0.2) is 34.2 Å². The van der Waals surface area contributed by atoms with Gasteiger partial charge in [-0.05, 0) is 49.6 Å². The summed E-state index contributed by atoms with van der Waals surface area (Å²) in [5.41, 5.74) is 9.76. The van der Waals surface area contributed by atoms with E-state index in [1.807, 2.05) is 61.5 Å². The third-order valence-electron chi connectivity index (χ3n) is 6.41. The topological polar surface area (TPSA) is 134 Å². The first-order valence-corrected chi connectivity index (χ1v) is 14.3. The van der Waals surface area contributed by atoms with Crippen molar-refractivity contribution in [3.8, 4) is 11.8 Å². The standard InChI is InChI=1S/C28H26N6O3S2/c1-2-37-19-13-11-17(12-14-19)24-20(15-29)26(30)34(21-9-6-10-22(35)25(21)24)27-32-33-28(39-27)38-16-23(36)31-18-7-4-3-5-8-18/h3-5,7-8,11-14,24H,2,6,9-10,16,30H2,1H3,(H,31,36). The number of ether oxygens (including phenoxy) is 1. The second kappa shape index (κ2) is 11.7. The predicted octanol–water partition coefficient (Wildman–Crippen LogP) is 4.97. The number of Topliss-reactive ketones (excluding diaryl/α,β-unsaturated/α-hetero) is 1. The Balaban J connectivity index is 1.42. The Hall–Kier alpha value is -4.14. The quantitative estimate of drug-likeness (QED) is 0.367. The highest BCUT2D eigenvalue weighted by molar-refractivity contribution is 8.01. The van der Waals surface area contributed by atoms with Crippen LogP contribution in [0.5, 0.6) is 5.75 Å². The number of ketones is 1. The van der Waals surface area contributed by atoms with E-state index in [0.29, 0.717) is 46.5 Å². The van der Waals surface area contributed by atoms with Crippen LogP contribution < -0.4 is 20.7 Å². The number of nitrogens with two attached hydrogens (primary N) is 1. The number of para-hydroxylation sites is 1. The molecule has 2 aliphatic rings. The van der Waals surface area contributed by atoms with Crippen molar-refractivity contribution in [2.45, 2.75) is 36.4 Å². The molecule has 0 bridgehead atoms. The number of hydrogen-bond acceptors (Lipinski definition) is 10. The minimum absolute atomic E-state index is 0.00270. The van der Waals surface area contributed by atoms with Gasteiger partial charge >= 0.3 is 0 Å². The molecule has 9 nitrogen and oxygen atoms in total. The molecule has 1 atom stereocenters. The second-order valence-corrected chi connectivity index (χ2v) is 11.1. The Bertz CT molecular complexity index is 1490. The molecule has 1 unspecified atom stereocenters. The summed E-state index contributed by atoms with van der Waals surface area (Å²) in [6.07, 6.45) is 1.71. The summed E-state index contributed by atoms with van der Waals surface area (Å²) in [7, 11) is 0. The Labute approximate surface area is 234 Å². The fraction of sp³-hybridized carbons (Fsp3) is 0.250. The molecule has 1 aromatic heterocycles. The number of thioether (sulfide) groups is 1. The molecule has 2 aromatic carbocycles. The minimum Gasteiger partial charge on any atom is -0.494 e. The van der Waals surface area contributed by atoms with E-state index < -0.39 is 5.92 Å². The van der Waals surface area contributed by atoms with E-state index in [0.717, 1.165) is 22.7 Å². The van der Waals surface area contributed by atoms with Crippen LogP contribution in [0.4, 0.5) is 10.8 Å². The largest absolute Gasteiger partial charge is 0.494 e. The fourth-order valence-electron chi connectivity index (χ4n) is 4.76. The Kier molecular flexibility index (Phi) is 7.95. The first-order chi connectivity index (χ1) is 19.0. The lowest BCUT2D eigenvalue weighted by atomic mass is 9.76. The van der Waals surface area contributed by atoms with E-state index in [-0.39, 0.29) is 23.3 Å². The number of aromatic nitrogens is 2. The number of allylic oxidation sites excluding steroid dienone is 3. The van der Waals surface area contributed by atoms with Gasteiger partial charge in [0.15, 0.2) is 10.1 Å². The summed E-state index contributed by atoms with van der Waals surface area (Å²) in [5, 5.41) is 22.1. The van der Waals surface area contributed by atoms with Crippen molar-refractivity contribution >= 4 is 45.6 Å². The Morgan fingerprint density at radius 2 is 1.97 bits per heavy atom. The molecule has 0 fully saturated rings. The number of carbonyl (C=O) groups is 2. The fourth-order valence-corrected chi connectivity index (χ4v) is 6.44. The lowest BCUT2D eigenvalue weighted by Crippen LogP contribution is -2.38. The summed E-state index contributed by atoms with van der Waals surface area (Å²) < 4.78 is 6.14. The van der Waals surface area contributed by atoms with Gasteiger partial charge in [0, 0.05) is 23.4 Å². The molecular formula is C28H26N6O3S2. The average Bonchev–Trinajstić information content (AvgIpc) is 3.41. The third-order valence-corrected chi connectivity index (χ3v) is 8.45. The summed E-state index contributed by atoms with van der Waals surface area (Å²) >= 11 is 2.53. The number of amides is 1. The van der Waals surface area contributed by atoms with E-state index >= 15 is 0 Å². The number of benzene rings is 2. The van der Waals surface area contributed by atoms with Gasteiger partial charge in [0.1, 0.15) is 11.6 Å². The number of rotatable bonds is 8. The van der Waals surface area contributed by atoms with E-state index in [4.69, 9.17) is 10.5 Å². The van der Waals surface area contributed by atoms with Gasteiger partial charge in [-0.1, -0.05) is 53.4 Å². The van der Waals surface area contributed by atoms with Gasteiger partial charge in [-0.25, -0.2) is 0 Å². The number of nitrogens with one attached hydrogen (secondary N) is 1. The number of nitriles is 1. The molecule has 1 aliphatic carbocycles. The van der Waals surface area contributed by atoms with Crippen molar-refractivity contribution < 1.29 is 14.3 Å². The summed E-state index contributed by atoms with van der Waals surface area (Å²) in [5.74, 6) is 0.386. The van der Waals surface area contributed by atoms with Crippen molar-refractivity contribution in [2.24, 2.45) is 5.73 Å². The molecule has 1 amide bonds. The number of anilines is 2. The highest BCUT2D eigenvalue weighted by Crippen LogP contribution is 2.47. The highest BCUT2D eigenvalue weighted by atomic mass is 32.2. The second-order valence-electron chi connectivity index (χ2n) is 8.87. The molecular weight excluding hydrogens is 532 g/mol. The van der Waals surface area contributed by atoms with Gasteiger partial charge in [0.25, 0.3) is 0 Å². The molecule has 11 heteroatoms. The highest BCUT2D eigenvalue weighted by Gasteiger charge is 2.41. The van der Waals surface area contributed by atoms with Crippen LogP contribution in [0.25, 0.3) is 0 Å². The van der Waals surface area contributed by atoms with Gasteiger partial charge in [-0.3, -0.25) is 14.5 Å². The van der Waals surface area contributed by atoms with Crippen LogP contribution in [0, 0.1) is 11.3 Å². The van der Waals surface area contributed by atoms with Crippen LogP contribution >= 0.6 is 23.1 Å². The zero-order chi connectivity index (χ0) is 27.4. The van der Waals surface area contributed by atoms with Gasteiger partial charge in [-0.15, -0.1) is 10.2 Å². The van der Waals surface area contributed by atoms with E-state index in [2.05, 4.69) is 21.6 Å². The maximum atomic E-state index is 13.3. The molecule has 0 radical (unpaired) electrons. The lowest BCUT2D eigenvalue weighted by Gasteiger charge is -2.38. The monoisotopic (exact) mass is 558 g/mol. The number of hydrogen-bond donors (Lipinski definition) is 2. The zero-order valence-electron chi connectivity index (χ0n) is 21.2. The van der Waals surface area contributed by atoms with Gasteiger partial charge in [-0.2, -0.15) is 5.26 Å². The lowest BCUT2D eigenvalue weighted by molar-refractivity contribution is -0.116. The SMILES string of the molecule is CCOc1ccc(C2C(C#N)=C(N)N(c3nnc(SCC(=O)Nc4ccccc4)s3)C3=C2C(=O)CCC3)cc1. The molecule has 3 N–H and O–H groups in total. The van der Waals surface area contributed by atoms with Crippen molar-refractivity contribution in [3.63, 3.8) is 0 Å². The van der Waals surface area contributed by atoms with Gasteiger partial charge in [0.05, 0.1) is 29.9 Å². The molecule has 0 saturated carbocycles. The minimum atomic E-state index is -0.562. The number of nitrogens with zero attached hydrogens (tertiary/aromatic N) is 4. The average molecular weight is 559 g/mol. The van der Waals surface area contributed by atoms with Crippen LogP contribution in [0.3, 0.4) is 0 Å². The predicted molar refractivity (Wildman–Crippen MR) is 151 cm³/mol. The normalized spacial score (nSPS) is 17.1. The first kappa shape index (κ1) is 26.5. The summed E-state index contributed by atoms with van der Waals surface area (Å²) in [6.45, 7) is 2.46. The van der Waals surface area contributed by atoms with Crippen LogP contribution in [-0.2, 0) is 9.59 Å². The van der Waals surface area contributed by atoms with E-state index in [1.54, 1.807) is 4.90 Å². The number of carbonyl (C=O) groups excluding carboxylic acids is 2. The van der Waals surface area contributed by atoms with Crippen LogP contribution in [0.1, 0.15) is 37.7 Å². The smallest absolute Gasteiger partial charge is 0.234 e. The zero-order valence-corrected chi connectivity index (χ0v) is 22.8. The molecule has 0 saturated heterocycles. The van der Waals surface area contributed by atoms with Crippen molar-refractivity contribution in [3.05, 3.63) is 82.8 Å². The molecule has 39 heavy (non-hydrogen) atoms. The summed E-state index contributed by atoms with van der Waals surface area (Å²) in [6, 6.07) is 18.9. The summed E-state index contributed by atoms with van der Waals surface area (Å²) in [4.78, 5) is 27.4. The maximum Gasteiger partial charge on any atom is 0.234 e. The molecule has 198 valence electrons. The van der Waals surface area contributed by atoms with Gasteiger partial charge in [0.2, 0.25) is 11.0 Å². The van der Waals surface area contributed by atoms with Crippen molar-refractivity contribution in [1.82, 2.24) is 10.2 Å². The maximum absolute atomic E-state index is 13.3. The third kappa shape index (κ3) is 5.53. The molecule has 5 rings (SSSR count). The molecule has 1 aliphatic heterocycles. The first-order valence-electron chi connectivity index (χ1n) is 12.5. The molecule has 2 heterocycles. The van der Waals surface area contributed by atoms with E-state index in [1.165, 1.54) is 23.1 Å². The van der Waals surface area contributed by atoms with Crippen LogP contribution in [0.15, 0.2) is 81.6 Å². The van der Waals surface area contributed by atoms with Crippen LogP contribution in [0.2, 0.25) is 0 Å².